The Morgan fingerprint density at radius 3 is 2.44 bits per heavy atom. The van der Waals surface area contributed by atoms with Gasteiger partial charge in [0.25, 0.3) is 5.88 Å². The number of alkyl halides is 3. The van der Waals surface area contributed by atoms with Crippen molar-refractivity contribution < 1.29 is 37.8 Å². The average molecular weight is 268 g/mol. The molecule has 0 saturated carbocycles. The fraction of sp³-hybridized carbons (Fsp3) is 0.143. The summed E-state index contributed by atoms with van der Waals surface area (Å²) in [5, 5.41) is 28.2. The van der Waals surface area contributed by atoms with Crippen LogP contribution in [0.5, 0.6) is 11.6 Å². The van der Waals surface area contributed by atoms with Crippen LogP contribution >= 0.6 is 0 Å². The minimum absolute atomic E-state index is 0.240. The van der Waals surface area contributed by atoms with Crippen LogP contribution < -0.4 is 4.74 Å². The first kappa shape index (κ1) is 13.5. The number of pyridine rings is 1. The quantitative estimate of drug-likeness (QED) is 0.625. The summed E-state index contributed by atoms with van der Waals surface area (Å²) in [7, 11) is 0. The summed E-state index contributed by atoms with van der Waals surface area (Å²) in [6.45, 7) is 0. The van der Waals surface area contributed by atoms with Gasteiger partial charge in [-0.15, -0.1) is 13.2 Å². The van der Waals surface area contributed by atoms with Gasteiger partial charge in [0, 0.05) is 0 Å². The molecule has 0 spiro atoms. The average Bonchev–Trinajstić information content (AvgIpc) is 2.17. The molecule has 0 bridgehead atoms. The predicted octanol–water partition coefficient (Wildman–Crippen LogP) is 1.29. The molecule has 0 aliphatic heterocycles. The van der Waals surface area contributed by atoms with E-state index in [1.54, 1.807) is 0 Å². The molecule has 0 radical (unpaired) electrons. The van der Waals surface area contributed by atoms with E-state index < -0.39 is 40.1 Å². The van der Waals surface area contributed by atoms with E-state index in [2.05, 4.69) is 9.72 Å². The Labute approximate surface area is 95.4 Å². The fourth-order valence-corrected chi connectivity index (χ4v) is 1.01. The van der Waals surface area contributed by atoms with Crippen molar-refractivity contribution in [2.24, 2.45) is 0 Å². The van der Waals surface area contributed by atoms with Gasteiger partial charge in [-0.3, -0.25) is 10.1 Å². The van der Waals surface area contributed by atoms with Gasteiger partial charge in [0.05, 0.1) is 4.92 Å². The van der Waals surface area contributed by atoms with Crippen molar-refractivity contribution in [3.8, 4) is 11.6 Å². The highest BCUT2D eigenvalue weighted by Gasteiger charge is 2.36. The first-order valence-corrected chi connectivity index (χ1v) is 3.99. The number of hydrogen-bond donors (Lipinski definition) is 2. The van der Waals surface area contributed by atoms with Crippen LogP contribution in [0.25, 0.3) is 0 Å². The van der Waals surface area contributed by atoms with Crippen molar-refractivity contribution in [3.63, 3.8) is 0 Å². The summed E-state index contributed by atoms with van der Waals surface area (Å²) in [5.41, 5.74) is -2.50. The van der Waals surface area contributed by atoms with Gasteiger partial charge >= 0.3 is 18.0 Å². The number of halogens is 3. The maximum absolute atomic E-state index is 11.9. The second-order valence-electron chi connectivity index (χ2n) is 2.78. The van der Waals surface area contributed by atoms with Gasteiger partial charge < -0.3 is 14.9 Å². The van der Waals surface area contributed by atoms with Gasteiger partial charge in [0.1, 0.15) is 6.20 Å². The molecule has 0 unspecified atom stereocenters. The topological polar surface area (TPSA) is 123 Å². The molecule has 98 valence electrons. The van der Waals surface area contributed by atoms with Crippen LogP contribution in [0.3, 0.4) is 0 Å². The highest BCUT2D eigenvalue weighted by Crippen LogP contribution is 2.36. The lowest BCUT2D eigenvalue weighted by molar-refractivity contribution is -0.385. The van der Waals surface area contributed by atoms with Crippen LogP contribution in [0.4, 0.5) is 18.9 Å². The molecule has 0 atom stereocenters. The lowest BCUT2D eigenvalue weighted by atomic mass is 10.2. The number of aromatic hydroxyl groups is 1. The molecule has 11 heteroatoms. The molecule has 1 rings (SSSR count). The van der Waals surface area contributed by atoms with Gasteiger partial charge in [0.15, 0.2) is 5.56 Å². The third-order valence-electron chi connectivity index (χ3n) is 1.62. The third-order valence-corrected chi connectivity index (χ3v) is 1.62. The molecule has 18 heavy (non-hydrogen) atoms. The smallest absolute Gasteiger partial charge is 0.502 e. The molecule has 2 N–H and O–H groups in total. The Hall–Kier alpha value is -2.59. The largest absolute Gasteiger partial charge is 0.574 e. The van der Waals surface area contributed by atoms with Crippen LogP contribution in [0.2, 0.25) is 0 Å². The van der Waals surface area contributed by atoms with E-state index in [9.17, 15) is 33.2 Å². The molecule has 0 aliphatic rings. The number of carboxylic acids is 1. The van der Waals surface area contributed by atoms with Gasteiger partial charge in [-0.05, 0) is 0 Å². The number of carbonyl (C=O) groups is 1. The number of aromatic carboxylic acids is 1. The zero-order valence-corrected chi connectivity index (χ0v) is 8.13. The first-order valence-electron chi connectivity index (χ1n) is 3.99. The molecule has 1 aromatic rings. The van der Waals surface area contributed by atoms with Crippen molar-refractivity contribution in [2.75, 3.05) is 0 Å². The SMILES string of the molecule is O=C(O)c1c([N+](=O)[O-])cnc(OC(F)(F)F)c1O. The minimum atomic E-state index is -5.23. The normalized spacial score (nSPS) is 11.1. The zero-order valence-electron chi connectivity index (χ0n) is 8.13. The number of aromatic nitrogens is 1. The van der Waals surface area contributed by atoms with E-state index in [1.165, 1.54) is 0 Å². The number of ether oxygens (including phenoxy) is 1. The first-order chi connectivity index (χ1) is 8.13. The minimum Gasteiger partial charge on any atom is -0.502 e. The van der Waals surface area contributed by atoms with Crippen LogP contribution in [-0.4, -0.2) is 32.5 Å². The molecular weight excluding hydrogens is 265 g/mol. The molecule has 0 fully saturated rings. The predicted molar refractivity (Wildman–Crippen MR) is 46.2 cm³/mol. The fourth-order valence-electron chi connectivity index (χ4n) is 1.01. The summed E-state index contributed by atoms with van der Waals surface area (Å²) in [4.78, 5) is 22.7. The van der Waals surface area contributed by atoms with Crippen molar-refractivity contribution in [3.05, 3.63) is 21.9 Å². The summed E-state index contributed by atoms with van der Waals surface area (Å²) in [6.07, 6.45) is -4.99. The number of nitrogens with zero attached hydrogens (tertiary/aromatic N) is 2. The van der Waals surface area contributed by atoms with Crippen LogP contribution in [0, 0.1) is 10.1 Å². The van der Waals surface area contributed by atoms with Crippen LogP contribution in [0.1, 0.15) is 10.4 Å². The van der Waals surface area contributed by atoms with E-state index >= 15 is 0 Å². The maximum atomic E-state index is 11.9. The van der Waals surface area contributed by atoms with Gasteiger partial charge in [-0.2, -0.15) is 0 Å². The number of rotatable bonds is 3. The van der Waals surface area contributed by atoms with Gasteiger partial charge in [-0.25, -0.2) is 9.78 Å². The summed E-state index contributed by atoms with van der Waals surface area (Å²) >= 11 is 0. The van der Waals surface area contributed by atoms with E-state index in [1.807, 2.05) is 0 Å². The molecule has 1 heterocycles. The second-order valence-corrected chi connectivity index (χ2v) is 2.78. The summed E-state index contributed by atoms with van der Waals surface area (Å²) in [6, 6.07) is 0. The lowest BCUT2D eigenvalue weighted by Gasteiger charge is -2.10. The monoisotopic (exact) mass is 268 g/mol. The highest BCUT2D eigenvalue weighted by molar-refractivity contribution is 5.96. The molecule has 1 aromatic heterocycles. The molecular formula is C7H3F3N2O6. The number of carboxylic acid groups (broad SMARTS) is 1. The standard InChI is InChI=1S/C7H3F3N2O6/c8-7(9,10)18-5-4(13)3(6(14)15)2(1-11-5)12(16)17/h1,13H,(H,14,15). The van der Waals surface area contributed by atoms with Gasteiger partial charge in [-0.1, -0.05) is 0 Å². The Kier molecular flexibility index (Phi) is 3.26. The summed E-state index contributed by atoms with van der Waals surface area (Å²) < 4.78 is 38.8. The van der Waals surface area contributed by atoms with Crippen molar-refractivity contribution in [2.45, 2.75) is 6.36 Å². The second kappa shape index (κ2) is 4.35. The molecule has 0 amide bonds. The molecule has 0 saturated heterocycles. The Bertz CT molecular complexity index is 515. The van der Waals surface area contributed by atoms with Crippen molar-refractivity contribution in [1.82, 2.24) is 4.98 Å². The molecule has 0 aliphatic carbocycles. The number of hydrogen-bond acceptors (Lipinski definition) is 6. The van der Waals surface area contributed by atoms with Crippen molar-refractivity contribution >= 4 is 11.7 Å². The number of nitro groups is 1. The Morgan fingerprint density at radius 1 is 1.50 bits per heavy atom. The lowest BCUT2D eigenvalue weighted by Crippen LogP contribution is -2.18. The van der Waals surface area contributed by atoms with E-state index in [0.29, 0.717) is 0 Å². The summed E-state index contributed by atoms with van der Waals surface area (Å²) in [5.74, 6) is -5.05. The van der Waals surface area contributed by atoms with Crippen LogP contribution in [0.15, 0.2) is 6.20 Å². The zero-order chi connectivity index (χ0) is 14.1. The van der Waals surface area contributed by atoms with E-state index in [-0.39, 0.29) is 6.20 Å². The van der Waals surface area contributed by atoms with Crippen molar-refractivity contribution in [1.29, 1.82) is 0 Å². The Morgan fingerprint density at radius 2 is 2.06 bits per heavy atom. The van der Waals surface area contributed by atoms with E-state index in [4.69, 9.17) is 5.11 Å². The Balaban J connectivity index is 3.40. The van der Waals surface area contributed by atoms with E-state index in [0.717, 1.165) is 0 Å². The third kappa shape index (κ3) is 2.75. The van der Waals surface area contributed by atoms with Gasteiger partial charge in [0.2, 0.25) is 5.75 Å². The van der Waals surface area contributed by atoms with Crippen LogP contribution in [-0.2, 0) is 0 Å². The molecule has 0 aromatic carbocycles. The maximum Gasteiger partial charge on any atom is 0.574 e. The molecule has 8 nitrogen and oxygen atoms in total. The highest BCUT2D eigenvalue weighted by atomic mass is 19.4.